The minimum Gasteiger partial charge on any atom is -0.508 e. The number of phenols is 1. The number of aryl methyl sites for hydroxylation is 1. The van der Waals surface area contributed by atoms with Gasteiger partial charge in [-0.2, -0.15) is 0 Å². The van der Waals surface area contributed by atoms with Gasteiger partial charge in [0.1, 0.15) is 11.3 Å². The van der Waals surface area contributed by atoms with Gasteiger partial charge < -0.3 is 14.4 Å². The molecule has 0 aliphatic heterocycles. The Morgan fingerprint density at radius 3 is 2.37 bits per heavy atom. The van der Waals surface area contributed by atoms with Gasteiger partial charge in [-0.1, -0.05) is 19.1 Å². The van der Waals surface area contributed by atoms with E-state index >= 15 is 0 Å². The summed E-state index contributed by atoms with van der Waals surface area (Å²) in [6.07, 6.45) is 0. The predicted molar refractivity (Wildman–Crippen MR) is 109 cm³/mol. The van der Waals surface area contributed by atoms with E-state index in [0.717, 1.165) is 24.0 Å². The molecule has 0 aliphatic rings. The topological polar surface area (TPSA) is 56.9 Å². The summed E-state index contributed by atoms with van der Waals surface area (Å²) in [6, 6.07) is 13.5. The van der Waals surface area contributed by atoms with Crippen molar-refractivity contribution in [2.24, 2.45) is 0 Å². The van der Waals surface area contributed by atoms with Gasteiger partial charge in [-0.25, -0.2) is 4.79 Å². The third-order valence-corrected chi connectivity index (χ3v) is 4.92. The Hall–Kier alpha value is -2.79. The quantitative estimate of drug-likeness (QED) is 0.671. The van der Waals surface area contributed by atoms with Crippen molar-refractivity contribution < 1.29 is 9.52 Å². The highest BCUT2D eigenvalue weighted by Gasteiger charge is 2.13. The molecule has 1 aromatic heterocycles. The maximum absolute atomic E-state index is 12.0. The van der Waals surface area contributed by atoms with E-state index in [1.54, 1.807) is 19.1 Å². The van der Waals surface area contributed by atoms with Crippen LogP contribution in [-0.4, -0.2) is 30.6 Å². The Kier molecular flexibility index (Phi) is 5.51. The van der Waals surface area contributed by atoms with Crippen molar-refractivity contribution in [2.45, 2.75) is 26.9 Å². The molecule has 0 aliphatic carbocycles. The molecule has 0 radical (unpaired) electrons. The summed E-state index contributed by atoms with van der Waals surface area (Å²) in [6.45, 7) is 6.16. The summed E-state index contributed by atoms with van der Waals surface area (Å²) in [4.78, 5) is 16.4. The van der Waals surface area contributed by atoms with E-state index in [-0.39, 0.29) is 5.75 Å². The number of nitrogens with zero attached hydrogens (tertiary/aromatic N) is 2. The molecular weight excluding hydrogens is 340 g/mol. The van der Waals surface area contributed by atoms with Crippen LogP contribution in [0.4, 0.5) is 5.69 Å². The Balaban J connectivity index is 1.88. The fraction of sp³-hybridized carbons (Fsp3) is 0.318. The van der Waals surface area contributed by atoms with Crippen molar-refractivity contribution in [3.63, 3.8) is 0 Å². The van der Waals surface area contributed by atoms with Crippen LogP contribution in [0.1, 0.15) is 23.6 Å². The molecule has 1 N–H and O–H groups in total. The van der Waals surface area contributed by atoms with Gasteiger partial charge in [-0.3, -0.25) is 4.90 Å². The summed E-state index contributed by atoms with van der Waals surface area (Å²) >= 11 is 0. The maximum Gasteiger partial charge on any atom is 0.336 e. The van der Waals surface area contributed by atoms with E-state index in [2.05, 4.69) is 41.0 Å². The van der Waals surface area contributed by atoms with Gasteiger partial charge in [0.25, 0.3) is 0 Å². The molecule has 3 rings (SSSR count). The van der Waals surface area contributed by atoms with Gasteiger partial charge >= 0.3 is 5.63 Å². The van der Waals surface area contributed by atoms with Crippen LogP contribution in [0.15, 0.2) is 51.7 Å². The van der Waals surface area contributed by atoms with Crippen LogP contribution in [0.3, 0.4) is 0 Å². The highest BCUT2D eigenvalue weighted by atomic mass is 16.4. The molecule has 142 valence electrons. The Bertz CT molecular complexity index is 991. The second-order valence-corrected chi connectivity index (χ2v) is 7.04. The van der Waals surface area contributed by atoms with Crippen LogP contribution < -0.4 is 10.5 Å². The van der Waals surface area contributed by atoms with Gasteiger partial charge in [0, 0.05) is 49.9 Å². The van der Waals surface area contributed by atoms with Gasteiger partial charge in [0.15, 0.2) is 0 Å². The number of rotatable bonds is 6. The van der Waals surface area contributed by atoms with Crippen LogP contribution in [0.5, 0.6) is 5.75 Å². The van der Waals surface area contributed by atoms with Crippen molar-refractivity contribution in [2.75, 3.05) is 25.5 Å². The Labute approximate surface area is 159 Å². The molecule has 5 heteroatoms. The molecule has 0 spiro atoms. The summed E-state index contributed by atoms with van der Waals surface area (Å²) in [5, 5.41) is 10.8. The van der Waals surface area contributed by atoms with Crippen LogP contribution >= 0.6 is 0 Å². The molecule has 0 saturated heterocycles. The van der Waals surface area contributed by atoms with Crippen LogP contribution in [0, 0.1) is 6.92 Å². The second-order valence-electron chi connectivity index (χ2n) is 7.04. The first kappa shape index (κ1) is 19.0. The normalized spacial score (nSPS) is 11.3. The lowest BCUT2D eigenvalue weighted by Crippen LogP contribution is -2.23. The molecule has 1 heterocycles. The SMILES string of the molecule is CCN(Cc1ccc(N(C)C)cc1)Cc1cc(=O)oc2c(C)c(O)ccc12. The Morgan fingerprint density at radius 1 is 1.04 bits per heavy atom. The largest absolute Gasteiger partial charge is 0.508 e. The number of fused-ring (bicyclic) bond motifs is 1. The predicted octanol–water partition coefficient (Wildman–Crippen LogP) is 3.90. The number of benzene rings is 2. The lowest BCUT2D eigenvalue weighted by molar-refractivity contribution is 0.272. The first-order chi connectivity index (χ1) is 12.9. The smallest absolute Gasteiger partial charge is 0.336 e. The fourth-order valence-electron chi connectivity index (χ4n) is 3.22. The average molecular weight is 366 g/mol. The molecule has 5 nitrogen and oxygen atoms in total. The molecule has 0 bridgehead atoms. The Morgan fingerprint density at radius 2 is 1.74 bits per heavy atom. The van der Waals surface area contributed by atoms with Gasteiger partial charge in [-0.15, -0.1) is 0 Å². The fourth-order valence-corrected chi connectivity index (χ4v) is 3.22. The lowest BCUT2D eigenvalue weighted by atomic mass is 10.1. The van der Waals surface area contributed by atoms with E-state index < -0.39 is 5.63 Å². The number of phenolic OH excluding ortho intramolecular Hbond substituents is 1. The highest BCUT2D eigenvalue weighted by molar-refractivity contribution is 5.84. The number of anilines is 1. The molecule has 0 fully saturated rings. The summed E-state index contributed by atoms with van der Waals surface area (Å²) in [7, 11) is 4.05. The average Bonchev–Trinajstić information content (AvgIpc) is 2.65. The molecule has 0 amide bonds. The van der Waals surface area contributed by atoms with Crippen molar-refractivity contribution >= 4 is 16.7 Å². The van der Waals surface area contributed by atoms with Crippen molar-refractivity contribution in [1.29, 1.82) is 0 Å². The molecule has 0 saturated carbocycles. The highest BCUT2D eigenvalue weighted by Crippen LogP contribution is 2.28. The van der Waals surface area contributed by atoms with E-state index in [4.69, 9.17) is 4.42 Å². The number of hydrogen-bond acceptors (Lipinski definition) is 5. The minimum atomic E-state index is -0.391. The van der Waals surface area contributed by atoms with E-state index in [1.165, 1.54) is 11.3 Å². The molecule has 2 aromatic carbocycles. The zero-order valence-corrected chi connectivity index (χ0v) is 16.3. The van der Waals surface area contributed by atoms with Crippen molar-refractivity contribution in [3.05, 3.63) is 69.6 Å². The molecule has 0 atom stereocenters. The summed E-state index contributed by atoms with van der Waals surface area (Å²) < 4.78 is 5.34. The maximum atomic E-state index is 12.0. The van der Waals surface area contributed by atoms with Gasteiger partial charge in [0.2, 0.25) is 0 Å². The second kappa shape index (κ2) is 7.84. The van der Waals surface area contributed by atoms with E-state index in [0.29, 0.717) is 17.7 Å². The minimum absolute atomic E-state index is 0.135. The third-order valence-electron chi connectivity index (χ3n) is 4.92. The number of aromatic hydroxyl groups is 1. The van der Waals surface area contributed by atoms with Crippen LogP contribution in [0.2, 0.25) is 0 Å². The van der Waals surface area contributed by atoms with Crippen molar-refractivity contribution in [1.82, 2.24) is 4.90 Å². The van der Waals surface area contributed by atoms with Gasteiger partial charge in [-0.05, 0) is 48.9 Å². The van der Waals surface area contributed by atoms with E-state index in [1.807, 2.05) is 20.2 Å². The zero-order chi connectivity index (χ0) is 19.6. The van der Waals surface area contributed by atoms with Crippen molar-refractivity contribution in [3.8, 4) is 5.75 Å². The zero-order valence-electron chi connectivity index (χ0n) is 16.3. The van der Waals surface area contributed by atoms with Crippen LogP contribution in [-0.2, 0) is 13.1 Å². The molecule has 3 aromatic rings. The monoisotopic (exact) mass is 366 g/mol. The third kappa shape index (κ3) is 4.14. The summed E-state index contributed by atoms with van der Waals surface area (Å²) in [5.41, 5.74) is 3.97. The molecular formula is C22H26N2O3. The van der Waals surface area contributed by atoms with Gasteiger partial charge in [0.05, 0.1) is 0 Å². The number of hydrogen-bond donors (Lipinski definition) is 1. The first-order valence-electron chi connectivity index (χ1n) is 9.13. The lowest BCUT2D eigenvalue weighted by Gasteiger charge is -2.22. The first-order valence-corrected chi connectivity index (χ1v) is 9.13. The molecule has 27 heavy (non-hydrogen) atoms. The molecule has 0 unspecified atom stereocenters. The van der Waals surface area contributed by atoms with E-state index in [9.17, 15) is 9.90 Å². The summed E-state index contributed by atoms with van der Waals surface area (Å²) in [5.74, 6) is 0.135. The van der Waals surface area contributed by atoms with Crippen LogP contribution in [0.25, 0.3) is 11.0 Å². The standard InChI is InChI=1S/C22H26N2O3/c1-5-24(13-16-6-8-18(9-7-16)23(3)4)14-17-12-21(26)27-22-15(2)20(25)11-10-19(17)22/h6-12,25H,5,13-14H2,1-4H3.